The van der Waals surface area contributed by atoms with Crippen molar-refractivity contribution in [1.29, 1.82) is 0 Å². The maximum absolute atomic E-state index is 13.9. The number of benzene rings is 1. The number of rotatable bonds is 6. The quantitative estimate of drug-likeness (QED) is 0.404. The minimum atomic E-state index is -0.911. The molecule has 0 unspecified atom stereocenters. The molecule has 148 valence electrons. The zero-order valence-electron chi connectivity index (χ0n) is 15.5. The third-order valence-electron chi connectivity index (χ3n) is 4.55. The number of carboxylic acid groups (broad SMARTS) is 1. The number of carbonyl (C=O) groups is 1. The number of imidazole rings is 2. The predicted octanol–water partition coefficient (Wildman–Crippen LogP) is 3.73. The molecule has 0 aliphatic rings. The Morgan fingerprint density at radius 1 is 1.24 bits per heavy atom. The molecule has 0 spiro atoms. The first kappa shape index (κ1) is 19.5. The first-order valence-corrected chi connectivity index (χ1v) is 10.1. The fourth-order valence-corrected chi connectivity index (χ4v) is 3.69. The lowest BCUT2D eigenvalue weighted by Crippen LogP contribution is -2.02. The van der Waals surface area contributed by atoms with Crippen LogP contribution in [0.25, 0.3) is 22.4 Å². The molecular formula is C20H17FIN5O2. The van der Waals surface area contributed by atoms with E-state index in [1.165, 1.54) is 6.07 Å². The molecule has 3 heterocycles. The summed E-state index contributed by atoms with van der Waals surface area (Å²) in [4.78, 5) is 24.0. The summed E-state index contributed by atoms with van der Waals surface area (Å²) in [6.45, 7) is 3.22. The molecular weight excluding hydrogens is 488 g/mol. The normalized spacial score (nSPS) is 11.3. The lowest BCUT2D eigenvalue weighted by Gasteiger charge is -2.07. The molecule has 1 N–H and O–H groups in total. The highest BCUT2D eigenvalue weighted by atomic mass is 127. The van der Waals surface area contributed by atoms with Crippen molar-refractivity contribution in [3.63, 3.8) is 0 Å². The third kappa shape index (κ3) is 4.00. The molecule has 7 nitrogen and oxygen atoms in total. The van der Waals surface area contributed by atoms with Crippen molar-refractivity contribution in [2.24, 2.45) is 0 Å². The van der Waals surface area contributed by atoms with Crippen molar-refractivity contribution in [2.45, 2.75) is 26.4 Å². The summed E-state index contributed by atoms with van der Waals surface area (Å²) < 4.78 is 18.3. The second-order valence-electron chi connectivity index (χ2n) is 6.58. The van der Waals surface area contributed by atoms with Crippen LogP contribution in [0, 0.1) is 9.39 Å². The van der Waals surface area contributed by atoms with Gasteiger partial charge in [0, 0.05) is 30.6 Å². The van der Waals surface area contributed by atoms with E-state index in [1.54, 1.807) is 29.4 Å². The lowest BCUT2D eigenvalue weighted by molar-refractivity contribution is -0.136. The maximum Gasteiger partial charge on any atom is 0.309 e. The standard InChI is InChI=1S/C20H17FIN5O2/c1-2-27-18-7-16(22)15(21)6-17(18)25-20(27)12-3-4-13(23-8-12)9-26-10-14(24-11-26)5-19(28)29/h3-4,6-8,10-11H,2,5,9H2,1H3,(H,28,29). The highest BCUT2D eigenvalue weighted by Gasteiger charge is 2.14. The molecule has 4 aromatic rings. The van der Waals surface area contributed by atoms with Gasteiger partial charge in [0.25, 0.3) is 0 Å². The Bertz CT molecular complexity index is 1200. The lowest BCUT2D eigenvalue weighted by atomic mass is 10.2. The molecule has 9 heteroatoms. The van der Waals surface area contributed by atoms with E-state index in [-0.39, 0.29) is 12.2 Å². The zero-order valence-corrected chi connectivity index (χ0v) is 17.7. The Hall–Kier alpha value is -2.82. The molecule has 4 rings (SSSR count). The SMILES string of the molecule is CCn1c(-c2ccc(Cn3cnc(CC(=O)O)c3)nc2)nc2cc(F)c(I)cc21. The number of hydrogen-bond donors (Lipinski definition) is 1. The number of halogens is 2. The highest BCUT2D eigenvalue weighted by Crippen LogP contribution is 2.27. The summed E-state index contributed by atoms with van der Waals surface area (Å²) in [5.74, 6) is -0.443. The number of pyridine rings is 1. The van der Waals surface area contributed by atoms with Crippen molar-refractivity contribution < 1.29 is 14.3 Å². The summed E-state index contributed by atoms with van der Waals surface area (Å²) in [7, 11) is 0. The second kappa shape index (κ2) is 7.90. The molecule has 3 aromatic heterocycles. The number of fused-ring (bicyclic) bond motifs is 1. The molecule has 0 saturated carbocycles. The van der Waals surface area contributed by atoms with Crippen LogP contribution < -0.4 is 0 Å². The monoisotopic (exact) mass is 505 g/mol. The van der Waals surface area contributed by atoms with Crippen LogP contribution in [0.5, 0.6) is 0 Å². The molecule has 1 aromatic carbocycles. The number of hydrogen-bond acceptors (Lipinski definition) is 4. The van der Waals surface area contributed by atoms with Crippen molar-refractivity contribution >= 4 is 39.6 Å². The zero-order chi connectivity index (χ0) is 20.5. The average Bonchev–Trinajstić information content (AvgIpc) is 3.26. The Labute approximate surface area is 179 Å². The number of aryl methyl sites for hydroxylation is 1. The molecule has 0 amide bonds. The maximum atomic E-state index is 13.9. The van der Waals surface area contributed by atoms with Crippen LogP contribution in [-0.2, 0) is 24.3 Å². The van der Waals surface area contributed by atoms with E-state index >= 15 is 0 Å². The van der Waals surface area contributed by atoms with Crippen LogP contribution >= 0.6 is 22.6 Å². The van der Waals surface area contributed by atoms with Gasteiger partial charge < -0.3 is 14.2 Å². The molecule has 0 saturated heterocycles. The van der Waals surface area contributed by atoms with Gasteiger partial charge in [-0.1, -0.05) is 0 Å². The fraction of sp³-hybridized carbons (Fsp3) is 0.200. The van der Waals surface area contributed by atoms with E-state index in [2.05, 4.69) is 15.0 Å². The van der Waals surface area contributed by atoms with E-state index in [4.69, 9.17) is 5.11 Å². The minimum absolute atomic E-state index is 0.105. The molecule has 0 aliphatic heterocycles. The summed E-state index contributed by atoms with van der Waals surface area (Å²) in [5, 5.41) is 8.84. The van der Waals surface area contributed by atoms with Crippen LogP contribution in [-0.4, -0.2) is 35.2 Å². The predicted molar refractivity (Wildman–Crippen MR) is 114 cm³/mol. The summed E-state index contributed by atoms with van der Waals surface area (Å²) in [5.41, 5.74) is 3.68. The first-order valence-electron chi connectivity index (χ1n) is 8.97. The Balaban J connectivity index is 1.61. The van der Waals surface area contributed by atoms with E-state index in [0.29, 0.717) is 27.9 Å². The van der Waals surface area contributed by atoms with Gasteiger partial charge in [-0.05, 0) is 47.7 Å². The third-order valence-corrected chi connectivity index (χ3v) is 5.38. The molecule has 0 bridgehead atoms. The van der Waals surface area contributed by atoms with Crippen molar-refractivity contribution in [3.05, 3.63) is 63.8 Å². The molecule has 0 aliphatic carbocycles. The molecule has 0 fully saturated rings. The van der Waals surface area contributed by atoms with Gasteiger partial charge in [0.15, 0.2) is 0 Å². The van der Waals surface area contributed by atoms with Gasteiger partial charge in [-0.25, -0.2) is 14.4 Å². The molecule has 0 atom stereocenters. The number of aromatic nitrogens is 5. The van der Waals surface area contributed by atoms with E-state index in [0.717, 1.165) is 22.6 Å². The Morgan fingerprint density at radius 3 is 2.76 bits per heavy atom. The fourth-order valence-electron chi connectivity index (χ4n) is 3.24. The van der Waals surface area contributed by atoms with Crippen LogP contribution in [0.4, 0.5) is 4.39 Å². The van der Waals surface area contributed by atoms with Gasteiger partial charge in [-0.2, -0.15) is 0 Å². The molecule has 0 radical (unpaired) electrons. The van der Waals surface area contributed by atoms with Crippen LogP contribution in [0.1, 0.15) is 18.3 Å². The van der Waals surface area contributed by atoms with Crippen molar-refractivity contribution in [1.82, 2.24) is 24.1 Å². The largest absolute Gasteiger partial charge is 0.481 e. The number of carboxylic acids is 1. The minimum Gasteiger partial charge on any atom is -0.481 e. The number of nitrogens with zero attached hydrogens (tertiary/aromatic N) is 5. The summed E-state index contributed by atoms with van der Waals surface area (Å²) in [6, 6.07) is 7.10. The van der Waals surface area contributed by atoms with Gasteiger partial charge in [0.1, 0.15) is 11.6 Å². The van der Waals surface area contributed by atoms with Gasteiger partial charge in [0.05, 0.1) is 45.3 Å². The number of aliphatic carboxylic acids is 1. The average molecular weight is 505 g/mol. The van der Waals surface area contributed by atoms with Gasteiger partial charge in [0.2, 0.25) is 0 Å². The molecule has 29 heavy (non-hydrogen) atoms. The van der Waals surface area contributed by atoms with Crippen LogP contribution in [0.3, 0.4) is 0 Å². The van der Waals surface area contributed by atoms with Gasteiger partial charge in [-0.15, -0.1) is 0 Å². The van der Waals surface area contributed by atoms with Crippen molar-refractivity contribution in [3.8, 4) is 11.4 Å². The van der Waals surface area contributed by atoms with Crippen LogP contribution in [0.2, 0.25) is 0 Å². The Kier molecular flexibility index (Phi) is 5.31. The van der Waals surface area contributed by atoms with Gasteiger partial charge >= 0.3 is 5.97 Å². The van der Waals surface area contributed by atoms with E-state index in [1.807, 2.05) is 46.2 Å². The Morgan fingerprint density at radius 2 is 2.07 bits per heavy atom. The van der Waals surface area contributed by atoms with Crippen LogP contribution in [0.15, 0.2) is 43.0 Å². The van der Waals surface area contributed by atoms with Gasteiger partial charge in [-0.3, -0.25) is 9.78 Å². The topological polar surface area (TPSA) is 85.8 Å². The smallest absolute Gasteiger partial charge is 0.309 e. The van der Waals surface area contributed by atoms with E-state index in [9.17, 15) is 9.18 Å². The van der Waals surface area contributed by atoms with E-state index < -0.39 is 5.97 Å². The first-order chi connectivity index (χ1) is 13.9. The summed E-state index contributed by atoms with van der Waals surface area (Å²) >= 11 is 1.98. The summed E-state index contributed by atoms with van der Waals surface area (Å²) in [6.07, 6.45) is 4.95. The van der Waals surface area contributed by atoms with Crippen molar-refractivity contribution in [2.75, 3.05) is 0 Å². The highest BCUT2D eigenvalue weighted by molar-refractivity contribution is 14.1. The second-order valence-corrected chi connectivity index (χ2v) is 7.74.